The van der Waals surface area contributed by atoms with Gasteiger partial charge in [0.15, 0.2) is 0 Å². The third-order valence-electron chi connectivity index (χ3n) is 4.52. The SMILES string of the molecule is FC(F)(F)Cc1ccc(OP(Oc2ccc(CC(F)(F)F)cc2)Oc2ccc(CC(F)(F)F)cc2)cc1. The van der Waals surface area contributed by atoms with E-state index >= 15 is 0 Å². The Hall–Kier alpha value is -3.14. The van der Waals surface area contributed by atoms with Crippen LogP contribution in [0, 0.1) is 0 Å². The maximum atomic E-state index is 12.6. The molecular formula is C24H18F9O3P. The molecule has 0 radical (unpaired) electrons. The van der Waals surface area contributed by atoms with Gasteiger partial charge in [0.25, 0.3) is 0 Å². The number of benzene rings is 3. The first-order valence-corrected chi connectivity index (χ1v) is 11.5. The molecule has 0 atom stereocenters. The van der Waals surface area contributed by atoms with Gasteiger partial charge in [-0.05, 0) is 53.1 Å². The van der Waals surface area contributed by atoms with Gasteiger partial charge in [0.05, 0.1) is 19.3 Å². The summed E-state index contributed by atoms with van der Waals surface area (Å²) in [5, 5.41) is 0. The van der Waals surface area contributed by atoms with Crippen molar-refractivity contribution in [3.8, 4) is 17.2 Å². The van der Waals surface area contributed by atoms with Crippen LogP contribution in [0.3, 0.4) is 0 Å². The van der Waals surface area contributed by atoms with Crippen molar-refractivity contribution in [1.29, 1.82) is 0 Å². The molecule has 0 amide bonds. The molecule has 37 heavy (non-hydrogen) atoms. The van der Waals surface area contributed by atoms with Crippen LogP contribution in [0.2, 0.25) is 0 Å². The van der Waals surface area contributed by atoms with Crippen molar-refractivity contribution in [3.05, 3.63) is 89.5 Å². The molecule has 0 unspecified atom stereocenters. The highest BCUT2D eigenvalue weighted by molar-refractivity contribution is 7.43. The van der Waals surface area contributed by atoms with Crippen LogP contribution in [0.25, 0.3) is 0 Å². The topological polar surface area (TPSA) is 27.7 Å². The Morgan fingerprint density at radius 1 is 0.405 bits per heavy atom. The normalized spacial score (nSPS) is 12.5. The zero-order valence-corrected chi connectivity index (χ0v) is 19.5. The molecule has 0 aliphatic heterocycles. The van der Waals surface area contributed by atoms with Crippen LogP contribution in [0.15, 0.2) is 72.8 Å². The predicted octanol–water partition coefficient (Wildman–Crippen LogP) is 8.76. The molecule has 0 aromatic heterocycles. The minimum absolute atomic E-state index is 0.0217. The van der Waals surface area contributed by atoms with E-state index in [2.05, 4.69) is 0 Å². The van der Waals surface area contributed by atoms with Crippen molar-refractivity contribution in [2.24, 2.45) is 0 Å². The van der Waals surface area contributed by atoms with E-state index in [1.54, 1.807) is 0 Å². The van der Waals surface area contributed by atoms with E-state index in [0.717, 1.165) is 0 Å². The smallest absolute Gasteiger partial charge is 0.409 e. The molecule has 3 aromatic carbocycles. The van der Waals surface area contributed by atoms with Gasteiger partial charge >= 0.3 is 27.1 Å². The van der Waals surface area contributed by atoms with E-state index in [1.807, 2.05) is 0 Å². The predicted molar refractivity (Wildman–Crippen MR) is 117 cm³/mol. The van der Waals surface area contributed by atoms with Gasteiger partial charge in [-0.25, -0.2) is 0 Å². The van der Waals surface area contributed by atoms with Crippen molar-refractivity contribution < 1.29 is 53.1 Å². The summed E-state index contributed by atoms with van der Waals surface area (Å²) in [6, 6.07) is 14.6. The standard InChI is InChI=1S/C24H18F9O3P/c25-22(26,27)13-16-1-7-19(8-2-16)34-37(35-20-9-3-17(4-10-20)14-23(28,29)30)36-21-11-5-18(6-12-21)15-24(31,32)33/h1-12H,13-15H2. The van der Waals surface area contributed by atoms with E-state index in [-0.39, 0.29) is 33.9 Å². The number of hydrogen-bond donors (Lipinski definition) is 0. The van der Waals surface area contributed by atoms with Gasteiger partial charge < -0.3 is 13.6 Å². The highest BCUT2D eigenvalue weighted by Crippen LogP contribution is 2.43. The van der Waals surface area contributed by atoms with Crippen LogP contribution in [0.4, 0.5) is 39.5 Å². The summed E-state index contributed by atoms with van der Waals surface area (Å²) in [5.41, 5.74) is -0.0652. The zero-order chi connectivity index (χ0) is 27.3. The molecule has 0 fully saturated rings. The number of rotatable bonds is 9. The van der Waals surface area contributed by atoms with Crippen LogP contribution in [-0.2, 0) is 19.3 Å². The maximum absolute atomic E-state index is 12.6. The van der Waals surface area contributed by atoms with Crippen molar-refractivity contribution in [2.75, 3.05) is 0 Å². The lowest BCUT2D eigenvalue weighted by Gasteiger charge is -2.19. The van der Waals surface area contributed by atoms with Gasteiger partial charge in [-0.15, -0.1) is 0 Å². The van der Waals surface area contributed by atoms with Crippen molar-refractivity contribution in [1.82, 2.24) is 0 Å². The van der Waals surface area contributed by atoms with E-state index in [4.69, 9.17) is 13.6 Å². The molecule has 0 bridgehead atoms. The summed E-state index contributed by atoms with van der Waals surface area (Å²) >= 11 is 0. The zero-order valence-electron chi connectivity index (χ0n) is 18.6. The van der Waals surface area contributed by atoms with Gasteiger partial charge in [0.1, 0.15) is 17.2 Å². The Balaban J connectivity index is 1.76. The van der Waals surface area contributed by atoms with Gasteiger partial charge in [0.2, 0.25) is 0 Å². The molecule has 0 aliphatic carbocycles. The lowest BCUT2D eigenvalue weighted by Crippen LogP contribution is -2.11. The van der Waals surface area contributed by atoms with Gasteiger partial charge in [-0.1, -0.05) is 36.4 Å². The molecule has 200 valence electrons. The van der Waals surface area contributed by atoms with Crippen molar-refractivity contribution >= 4 is 8.60 Å². The number of alkyl halides is 9. The van der Waals surface area contributed by atoms with Crippen LogP contribution >= 0.6 is 8.60 Å². The largest absolute Gasteiger partial charge is 0.530 e. The van der Waals surface area contributed by atoms with Crippen LogP contribution in [-0.4, -0.2) is 18.5 Å². The van der Waals surface area contributed by atoms with E-state index in [0.29, 0.717) is 0 Å². The molecule has 0 aliphatic rings. The average Bonchev–Trinajstić information content (AvgIpc) is 2.75. The summed E-state index contributed by atoms with van der Waals surface area (Å²) in [6.07, 6.45) is -16.7. The van der Waals surface area contributed by atoms with Gasteiger partial charge in [-0.2, -0.15) is 39.5 Å². The molecular weight excluding hydrogens is 538 g/mol. The Kier molecular flexibility index (Phi) is 8.84. The second-order valence-corrected chi connectivity index (χ2v) is 8.80. The average molecular weight is 556 g/mol. The summed E-state index contributed by atoms with van der Waals surface area (Å²) in [6.45, 7) is 0. The molecule has 0 saturated heterocycles. The monoisotopic (exact) mass is 556 g/mol. The minimum Gasteiger partial charge on any atom is -0.409 e. The molecule has 0 N–H and O–H groups in total. The molecule has 3 nitrogen and oxygen atoms in total. The molecule has 0 spiro atoms. The quantitative estimate of drug-likeness (QED) is 0.195. The number of hydrogen-bond acceptors (Lipinski definition) is 3. The van der Waals surface area contributed by atoms with E-state index < -0.39 is 46.4 Å². The van der Waals surface area contributed by atoms with E-state index in [1.165, 1.54) is 72.8 Å². The summed E-state index contributed by atoms with van der Waals surface area (Å²) < 4.78 is 130. The van der Waals surface area contributed by atoms with Crippen molar-refractivity contribution in [2.45, 2.75) is 37.8 Å². The molecule has 0 saturated carbocycles. The highest BCUT2D eigenvalue weighted by Gasteiger charge is 2.29. The third-order valence-corrected chi connectivity index (χ3v) is 5.60. The second kappa shape index (κ2) is 11.5. The lowest BCUT2D eigenvalue weighted by molar-refractivity contribution is -0.128. The van der Waals surface area contributed by atoms with Gasteiger partial charge in [-0.3, -0.25) is 0 Å². The molecule has 13 heteroatoms. The third kappa shape index (κ3) is 10.8. The fraction of sp³-hybridized carbons (Fsp3) is 0.250. The fourth-order valence-corrected chi connectivity index (χ4v) is 4.01. The first-order chi connectivity index (χ1) is 17.1. The molecule has 0 heterocycles. The van der Waals surface area contributed by atoms with Crippen LogP contribution in [0.1, 0.15) is 16.7 Å². The summed E-state index contributed by atoms with van der Waals surface area (Å²) in [4.78, 5) is 0. The Labute approximate surface area is 206 Å². The first kappa shape index (κ1) is 28.4. The highest BCUT2D eigenvalue weighted by atomic mass is 31.2. The first-order valence-electron chi connectivity index (χ1n) is 10.4. The fourth-order valence-electron chi connectivity index (χ4n) is 3.01. The molecule has 3 rings (SSSR count). The summed E-state index contributed by atoms with van der Waals surface area (Å²) in [7, 11) is -2.37. The summed E-state index contributed by atoms with van der Waals surface area (Å²) in [5.74, 6) is 0.207. The van der Waals surface area contributed by atoms with Crippen LogP contribution in [0.5, 0.6) is 17.2 Å². The van der Waals surface area contributed by atoms with Crippen molar-refractivity contribution in [3.63, 3.8) is 0 Å². The Morgan fingerprint density at radius 2 is 0.622 bits per heavy atom. The molecule has 3 aromatic rings. The van der Waals surface area contributed by atoms with Gasteiger partial charge in [0, 0.05) is 0 Å². The Bertz CT molecular complexity index is 979. The van der Waals surface area contributed by atoms with E-state index in [9.17, 15) is 39.5 Å². The minimum atomic E-state index is -4.40. The lowest BCUT2D eigenvalue weighted by atomic mass is 10.1. The number of halogens is 9. The Morgan fingerprint density at radius 3 is 0.811 bits per heavy atom. The second-order valence-electron chi connectivity index (χ2n) is 7.81. The van der Waals surface area contributed by atoms with Crippen LogP contribution < -0.4 is 13.6 Å². The maximum Gasteiger partial charge on any atom is 0.530 e.